The van der Waals surface area contributed by atoms with Gasteiger partial charge in [0.25, 0.3) is 0 Å². The second-order valence-corrected chi connectivity index (χ2v) is 7.18. The van der Waals surface area contributed by atoms with Crippen molar-refractivity contribution < 1.29 is 4.79 Å². The fourth-order valence-corrected chi connectivity index (χ4v) is 3.58. The fraction of sp³-hybridized carbons (Fsp3) is 0.938. The summed E-state index contributed by atoms with van der Waals surface area (Å²) in [6.07, 6.45) is 4.31. The molecular formula is C16H31N3O. The van der Waals surface area contributed by atoms with Crippen molar-refractivity contribution in [2.24, 2.45) is 23.5 Å². The van der Waals surface area contributed by atoms with Crippen molar-refractivity contribution in [1.29, 1.82) is 0 Å². The van der Waals surface area contributed by atoms with Gasteiger partial charge < -0.3 is 16.0 Å². The summed E-state index contributed by atoms with van der Waals surface area (Å²) in [4.78, 5) is 14.8. The highest BCUT2D eigenvalue weighted by atomic mass is 16.1. The first-order valence-corrected chi connectivity index (χ1v) is 8.24. The van der Waals surface area contributed by atoms with Gasteiger partial charge in [-0.05, 0) is 57.9 Å². The molecule has 4 heteroatoms. The molecule has 1 aliphatic heterocycles. The molecule has 0 bridgehead atoms. The second kappa shape index (κ2) is 6.90. The van der Waals surface area contributed by atoms with Crippen molar-refractivity contribution in [3.05, 3.63) is 0 Å². The normalized spacial score (nSPS) is 35.5. The fourth-order valence-electron chi connectivity index (χ4n) is 3.58. The van der Waals surface area contributed by atoms with Gasteiger partial charge in [-0.15, -0.1) is 0 Å². The molecule has 0 radical (unpaired) electrons. The Morgan fingerprint density at radius 2 is 2.10 bits per heavy atom. The molecule has 1 aliphatic carbocycles. The molecule has 0 aromatic heterocycles. The van der Waals surface area contributed by atoms with Crippen molar-refractivity contribution >= 4 is 5.91 Å². The quantitative estimate of drug-likeness (QED) is 0.823. The lowest BCUT2D eigenvalue weighted by Crippen LogP contribution is -2.46. The number of hydrogen-bond donors (Lipinski definition) is 2. The topological polar surface area (TPSA) is 58.4 Å². The Bertz CT molecular complexity index is 332. The number of rotatable bonds is 4. The summed E-state index contributed by atoms with van der Waals surface area (Å²) in [5.41, 5.74) is 6.12. The van der Waals surface area contributed by atoms with Crippen LogP contribution in [0.3, 0.4) is 0 Å². The number of nitrogens with one attached hydrogen (secondary N) is 1. The van der Waals surface area contributed by atoms with Gasteiger partial charge in [0.1, 0.15) is 0 Å². The minimum atomic E-state index is 0.0290. The molecule has 20 heavy (non-hydrogen) atoms. The largest absolute Gasteiger partial charge is 0.355 e. The number of carbonyl (C=O) groups excluding carboxylic acids is 1. The van der Waals surface area contributed by atoms with Gasteiger partial charge in [-0.25, -0.2) is 0 Å². The van der Waals surface area contributed by atoms with Gasteiger partial charge in [-0.1, -0.05) is 6.92 Å². The van der Waals surface area contributed by atoms with Crippen molar-refractivity contribution in [1.82, 2.24) is 10.2 Å². The number of amides is 1. The first-order chi connectivity index (χ1) is 9.47. The summed E-state index contributed by atoms with van der Waals surface area (Å²) >= 11 is 0. The van der Waals surface area contributed by atoms with Crippen LogP contribution >= 0.6 is 0 Å². The minimum absolute atomic E-state index is 0.0290. The van der Waals surface area contributed by atoms with Crippen LogP contribution in [-0.2, 0) is 4.79 Å². The van der Waals surface area contributed by atoms with Crippen LogP contribution in [0, 0.1) is 17.8 Å². The summed E-state index contributed by atoms with van der Waals surface area (Å²) in [6.45, 7) is 9.80. The summed E-state index contributed by atoms with van der Waals surface area (Å²) in [6, 6.07) is 0.672. The van der Waals surface area contributed by atoms with E-state index in [0.29, 0.717) is 17.9 Å². The van der Waals surface area contributed by atoms with Crippen LogP contribution in [0.4, 0.5) is 0 Å². The van der Waals surface area contributed by atoms with Crippen LogP contribution in [0.5, 0.6) is 0 Å². The van der Waals surface area contributed by atoms with E-state index >= 15 is 0 Å². The van der Waals surface area contributed by atoms with E-state index in [2.05, 4.69) is 31.0 Å². The Labute approximate surface area is 123 Å². The molecule has 1 amide bonds. The number of carbonyl (C=O) groups is 1. The van der Waals surface area contributed by atoms with E-state index < -0.39 is 0 Å². The molecular weight excluding hydrogens is 250 g/mol. The van der Waals surface area contributed by atoms with Crippen molar-refractivity contribution in [2.45, 2.75) is 58.5 Å². The first-order valence-electron chi connectivity index (χ1n) is 8.24. The number of nitrogens with zero attached hydrogens (tertiary/aromatic N) is 1. The summed E-state index contributed by atoms with van der Waals surface area (Å²) in [7, 11) is 0. The average molecular weight is 281 g/mol. The van der Waals surface area contributed by atoms with Gasteiger partial charge >= 0.3 is 0 Å². The highest BCUT2D eigenvalue weighted by Gasteiger charge is 2.32. The third kappa shape index (κ3) is 3.95. The first kappa shape index (κ1) is 15.8. The third-order valence-corrected chi connectivity index (χ3v) is 5.12. The zero-order valence-electron chi connectivity index (χ0n) is 13.3. The summed E-state index contributed by atoms with van der Waals surface area (Å²) < 4.78 is 0. The molecule has 4 atom stereocenters. The molecule has 1 saturated heterocycles. The molecule has 116 valence electrons. The third-order valence-electron chi connectivity index (χ3n) is 5.12. The molecule has 2 aliphatic rings. The zero-order chi connectivity index (χ0) is 14.7. The van der Waals surface area contributed by atoms with Gasteiger partial charge in [-0.3, -0.25) is 4.79 Å². The van der Waals surface area contributed by atoms with Crippen molar-refractivity contribution in [3.63, 3.8) is 0 Å². The standard InChI is InChI=1S/C16H31N3O/c1-11(2)19-7-6-13(10-19)9-18-16(20)14-8-12(3)4-5-15(14)17/h11-15H,4-10,17H2,1-3H3,(H,18,20). The number of likely N-dealkylation sites (tertiary alicyclic amines) is 1. The minimum Gasteiger partial charge on any atom is -0.355 e. The van der Waals surface area contributed by atoms with E-state index in [9.17, 15) is 4.79 Å². The van der Waals surface area contributed by atoms with Crippen LogP contribution in [0.15, 0.2) is 0 Å². The molecule has 1 heterocycles. The highest BCUT2D eigenvalue weighted by Crippen LogP contribution is 2.28. The molecule has 4 unspecified atom stereocenters. The van der Waals surface area contributed by atoms with E-state index in [1.807, 2.05) is 0 Å². The van der Waals surface area contributed by atoms with Gasteiger partial charge in [0, 0.05) is 25.2 Å². The second-order valence-electron chi connectivity index (χ2n) is 7.18. The lowest BCUT2D eigenvalue weighted by atomic mass is 9.78. The smallest absolute Gasteiger partial charge is 0.224 e. The predicted molar refractivity (Wildman–Crippen MR) is 82.3 cm³/mol. The molecule has 4 nitrogen and oxygen atoms in total. The summed E-state index contributed by atoms with van der Waals surface area (Å²) in [5, 5.41) is 3.16. The predicted octanol–water partition coefficient (Wildman–Crippen LogP) is 1.60. The molecule has 2 fully saturated rings. The van der Waals surface area contributed by atoms with Crippen LogP contribution in [0.1, 0.15) is 46.5 Å². The van der Waals surface area contributed by atoms with Crippen LogP contribution < -0.4 is 11.1 Å². The molecule has 0 spiro atoms. The van der Waals surface area contributed by atoms with E-state index in [1.54, 1.807) is 0 Å². The van der Waals surface area contributed by atoms with Crippen molar-refractivity contribution in [2.75, 3.05) is 19.6 Å². The monoisotopic (exact) mass is 281 g/mol. The van der Waals surface area contributed by atoms with E-state index in [1.165, 1.54) is 6.42 Å². The Morgan fingerprint density at radius 1 is 1.35 bits per heavy atom. The van der Waals surface area contributed by atoms with Crippen LogP contribution in [-0.4, -0.2) is 42.5 Å². The number of nitrogens with two attached hydrogens (primary N) is 1. The Kier molecular flexibility index (Phi) is 5.44. The van der Waals surface area contributed by atoms with Crippen molar-refractivity contribution in [3.8, 4) is 0 Å². The zero-order valence-corrected chi connectivity index (χ0v) is 13.3. The lowest BCUT2D eigenvalue weighted by molar-refractivity contribution is -0.127. The lowest BCUT2D eigenvalue weighted by Gasteiger charge is -2.31. The molecule has 0 aromatic carbocycles. The van der Waals surface area contributed by atoms with E-state index in [0.717, 1.165) is 38.9 Å². The number of hydrogen-bond acceptors (Lipinski definition) is 3. The van der Waals surface area contributed by atoms with Gasteiger partial charge in [-0.2, -0.15) is 0 Å². The molecule has 2 rings (SSSR count). The molecule has 0 aromatic rings. The van der Waals surface area contributed by atoms with Crippen LogP contribution in [0.2, 0.25) is 0 Å². The van der Waals surface area contributed by atoms with E-state index in [4.69, 9.17) is 5.73 Å². The molecule has 3 N–H and O–H groups in total. The maximum atomic E-state index is 12.3. The van der Waals surface area contributed by atoms with Gasteiger partial charge in [0.15, 0.2) is 0 Å². The van der Waals surface area contributed by atoms with E-state index in [-0.39, 0.29) is 17.9 Å². The Balaban J connectivity index is 1.75. The Morgan fingerprint density at radius 3 is 2.75 bits per heavy atom. The Hall–Kier alpha value is -0.610. The SMILES string of the molecule is CC1CCC(N)C(C(=O)NCC2CCN(C(C)C)C2)C1. The van der Waals surface area contributed by atoms with Gasteiger partial charge in [0.05, 0.1) is 5.92 Å². The summed E-state index contributed by atoms with van der Waals surface area (Å²) in [5.74, 6) is 1.46. The van der Waals surface area contributed by atoms with Crippen LogP contribution in [0.25, 0.3) is 0 Å². The highest BCUT2D eigenvalue weighted by molar-refractivity contribution is 5.79. The maximum Gasteiger partial charge on any atom is 0.224 e. The average Bonchev–Trinajstić information content (AvgIpc) is 2.88. The van der Waals surface area contributed by atoms with Gasteiger partial charge in [0.2, 0.25) is 5.91 Å². The maximum absolute atomic E-state index is 12.3. The molecule has 1 saturated carbocycles.